The van der Waals surface area contributed by atoms with Crippen LogP contribution < -0.4 is 0 Å². The third kappa shape index (κ3) is 5.53. The highest BCUT2D eigenvalue weighted by Crippen LogP contribution is 2.21. The molecule has 0 spiro atoms. The standard InChI is InChI=1S/C15H20F2O3/c16-14(17)11-19-15-8-4-7-13(20-15)10-18-9-12-5-2-1-3-6-12/h1-3,5-6,13-15H,4,7-11H2/t13-,15+/m0/s1. The van der Waals surface area contributed by atoms with E-state index in [0.717, 1.165) is 18.4 Å². The lowest BCUT2D eigenvalue weighted by Crippen LogP contribution is -2.33. The topological polar surface area (TPSA) is 27.7 Å². The Hall–Kier alpha value is -1.04. The summed E-state index contributed by atoms with van der Waals surface area (Å²) in [5.41, 5.74) is 1.11. The van der Waals surface area contributed by atoms with Crippen molar-refractivity contribution in [3.63, 3.8) is 0 Å². The normalized spacial score (nSPS) is 23.1. The molecule has 112 valence electrons. The van der Waals surface area contributed by atoms with Crippen molar-refractivity contribution < 1.29 is 23.0 Å². The molecule has 1 heterocycles. The fraction of sp³-hybridized carbons (Fsp3) is 0.600. The van der Waals surface area contributed by atoms with Gasteiger partial charge in [0, 0.05) is 0 Å². The minimum absolute atomic E-state index is 0.0739. The van der Waals surface area contributed by atoms with Gasteiger partial charge in [-0.2, -0.15) is 0 Å². The van der Waals surface area contributed by atoms with E-state index in [9.17, 15) is 8.78 Å². The fourth-order valence-electron chi connectivity index (χ4n) is 2.17. The number of alkyl halides is 2. The Kier molecular flexibility index (Phi) is 6.36. The van der Waals surface area contributed by atoms with Gasteiger partial charge >= 0.3 is 0 Å². The lowest BCUT2D eigenvalue weighted by Gasteiger charge is -2.29. The van der Waals surface area contributed by atoms with Gasteiger partial charge in [-0.05, 0) is 24.8 Å². The molecule has 0 aromatic heterocycles. The first-order valence-electron chi connectivity index (χ1n) is 6.91. The molecule has 0 unspecified atom stereocenters. The van der Waals surface area contributed by atoms with E-state index in [0.29, 0.717) is 19.6 Å². The van der Waals surface area contributed by atoms with Gasteiger partial charge in [0.15, 0.2) is 6.29 Å². The zero-order valence-corrected chi connectivity index (χ0v) is 11.3. The molecule has 20 heavy (non-hydrogen) atoms. The molecule has 1 aromatic carbocycles. The largest absolute Gasteiger partial charge is 0.374 e. The Morgan fingerprint density at radius 3 is 2.75 bits per heavy atom. The molecule has 0 radical (unpaired) electrons. The Morgan fingerprint density at radius 2 is 2.00 bits per heavy atom. The van der Waals surface area contributed by atoms with Crippen molar-refractivity contribution >= 4 is 0 Å². The van der Waals surface area contributed by atoms with Crippen LogP contribution in [0.25, 0.3) is 0 Å². The lowest BCUT2D eigenvalue weighted by molar-refractivity contribution is -0.215. The van der Waals surface area contributed by atoms with Crippen LogP contribution in [0.1, 0.15) is 24.8 Å². The number of halogens is 2. The zero-order valence-electron chi connectivity index (χ0n) is 11.3. The highest BCUT2D eigenvalue weighted by Gasteiger charge is 2.23. The van der Waals surface area contributed by atoms with Crippen molar-refractivity contribution in [2.45, 2.75) is 44.7 Å². The molecule has 1 aromatic rings. The summed E-state index contributed by atoms with van der Waals surface area (Å²) < 4.78 is 40.4. The predicted molar refractivity (Wildman–Crippen MR) is 70.6 cm³/mol. The number of hydrogen-bond acceptors (Lipinski definition) is 3. The van der Waals surface area contributed by atoms with Crippen LogP contribution in [0, 0.1) is 0 Å². The molecule has 2 rings (SSSR count). The molecule has 0 bridgehead atoms. The second-order valence-corrected chi connectivity index (χ2v) is 4.84. The summed E-state index contributed by atoms with van der Waals surface area (Å²) in [5, 5.41) is 0. The summed E-state index contributed by atoms with van der Waals surface area (Å²) in [7, 11) is 0. The van der Waals surface area contributed by atoms with E-state index in [2.05, 4.69) is 0 Å². The predicted octanol–water partition coefficient (Wildman–Crippen LogP) is 3.38. The van der Waals surface area contributed by atoms with Crippen LogP contribution in [0.15, 0.2) is 30.3 Å². The number of ether oxygens (including phenoxy) is 3. The van der Waals surface area contributed by atoms with Crippen LogP contribution in [0.4, 0.5) is 8.78 Å². The van der Waals surface area contributed by atoms with E-state index in [1.807, 2.05) is 30.3 Å². The molecule has 0 N–H and O–H groups in total. The Bertz CT molecular complexity index is 373. The quantitative estimate of drug-likeness (QED) is 0.769. The van der Waals surface area contributed by atoms with Gasteiger partial charge in [-0.1, -0.05) is 30.3 Å². The van der Waals surface area contributed by atoms with Crippen LogP contribution in [0.2, 0.25) is 0 Å². The van der Waals surface area contributed by atoms with E-state index in [1.165, 1.54) is 0 Å². The van der Waals surface area contributed by atoms with Crippen LogP contribution in [0.5, 0.6) is 0 Å². The van der Waals surface area contributed by atoms with Gasteiger partial charge in [0.05, 0.1) is 19.3 Å². The van der Waals surface area contributed by atoms with Crippen molar-refractivity contribution in [2.24, 2.45) is 0 Å². The highest BCUT2D eigenvalue weighted by atomic mass is 19.3. The monoisotopic (exact) mass is 286 g/mol. The maximum absolute atomic E-state index is 12.1. The third-order valence-electron chi connectivity index (χ3n) is 3.13. The summed E-state index contributed by atoms with van der Waals surface area (Å²) >= 11 is 0. The molecule has 5 heteroatoms. The van der Waals surface area contributed by atoms with Gasteiger partial charge in [-0.15, -0.1) is 0 Å². The summed E-state index contributed by atoms with van der Waals surface area (Å²) in [6, 6.07) is 9.87. The van der Waals surface area contributed by atoms with Crippen LogP contribution in [-0.4, -0.2) is 32.0 Å². The van der Waals surface area contributed by atoms with Gasteiger partial charge < -0.3 is 14.2 Å². The van der Waals surface area contributed by atoms with Gasteiger partial charge in [-0.3, -0.25) is 0 Å². The summed E-state index contributed by atoms with van der Waals surface area (Å²) in [6.45, 7) is 0.426. The molecule has 1 aliphatic rings. The van der Waals surface area contributed by atoms with Crippen molar-refractivity contribution in [3.8, 4) is 0 Å². The zero-order chi connectivity index (χ0) is 14.2. The summed E-state index contributed by atoms with van der Waals surface area (Å²) in [5.74, 6) is 0. The minimum Gasteiger partial charge on any atom is -0.374 e. The molecular weight excluding hydrogens is 266 g/mol. The van der Waals surface area contributed by atoms with Gasteiger partial charge in [0.1, 0.15) is 6.61 Å². The first-order chi connectivity index (χ1) is 9.74. The van der Waals surface area contributed by atoms with Crippen LogP contribution >= 0.6 is 0 Å². The fourth-order valence-corrected chi connectivity index (χ4v) is 2.17. The van der Waals surface area contributed by atoms with E-state index in [1.54, 1.807) is 0 Å². The highest BCUT2D eigenvalue weighted by molar-refractivity contribution is 5.13. The van der Waals surface area contributed by atoms with E-state index >= 15 is 0 Å². The Morgan fingerprint density at radius 1 is 1.20 bits per heavy atom. The van der Waals surface area contributed by atoms with E-state index in [-0.39, 0.29) is 6.10 Å². The second-order valence-electron chi connectivity index (χ2n) is 4.84. The smallest absolute Gasteiger partial charge is 0.261 e. The molecule has 1 fully saturated rings. The molecule has 0 amide bonds. The Balaban J connectivity index is 1.65. The van der Waals surface area contributed by atoms with E-state index < -0.39 is 19.3 Å². The first-order valence-corrected chi connectivity index (χ1v) is 6.91. The van der Waals surface area contributed by atoms with Crippen molar-refractivity contribution in [2.75, 3.05) is 13.2 Å². The van der Waals surface area contributed by atoms with Gasteiger partial charge in [0.25, 0.3) is 6.43 Å². The molecule has 1 aliphatic heterocycles. The molecule has 1 saturated heterocycles. The SMILES string of the molecule is FC(F)CO[C@H]1CCC[C@@H](COCc2ccccc2)O1. The van der Waals surface area contributed by atoms with Crippen molar-refractivity contribution in [1.82, 2.24) is 0 Å². The lowest BCUT2D eigenvalue weighted by atomic mass is 10.1. The summed E-state index contributed by atoms with van der Waals surface area (Å²) in [4.78, 5) is 0. The molecule has 2 atom stereocenters. The Labute approximate surface area is 117 Å². The molecular formula is C15H20F2O3. The average molecular weight is 286 g/mol. The third-order valence-corrected chi connectivity index (χ3v) is 3.13. The number of benzene rings is 1. The number of rotatable bonds is 7. The van der Waals surface area contributed by atoms with Gasteiger partial charge in [-0.25, -0.2) is 8.78 Å². The maximum Gasteiger partial charge on any atom is 0.261 e. The van der Waals surface area contributed by atoms with E-state index in [4.69, 9.17) is 14.2 Å². The first kappa shape index (κ1) is 15.4. The maximum atomic E-state index is 12.1. The average Bonchev–Trinajstić information content (AvgIpc) is 2.47. The van der Waals surface area contributed by atoms with Crippen LogP contribution in [-0.2, 0) is 20.8 Å². The molecule has 0 aliphatic carbocycles. The van der Waals surface area contributed by atoms with Crippen molar-refractivity contribution in [1.29, 1.82) is 0 Å². The van der Waals surface area contributed by atoms with Crippen molar-refractivity contribution in [3.05, 3.63) is 35.9 Å². The molecule has 3 nitrogen and oxygen atoms in total. The van der Waals surface area contributed by atoms with Crippen LogP contribution in [0.3, 0.4) is 0 Å². The number of hydrogen-bond donors (Lipinski definition) is 0. The van der Waals surface area contributed by atoms with Gasteiger partial charge in [0.2, 0.25) is 0 Å². The molecule has 0 saturated carbocycles. The summed E-state index contributed by atoms with van der Waals surface area (Å²) in [6.07, 6.45) is -0.593. The minimum atomic E-state index is -2.45. The second kappa shape index (κ2) is 8.29.